The van der Waals surface area contributed by atoms with Crippen LogP contribution in [0.1, 0.15) is 16.7 Å². The van der Waals surface area contributed by atoms with Crippen molar-refractivity contribution >= 4 is 0 Å². The second kappa shape index (κ2) is 11.2. The summed E-state index contributed by atoms with van der Waals surface area (Å²) in [5.41, 5.74) is 3.16. The van der Waals surface area contributed by atoms with Gasteiger partial charge in [0.05, 0.1) is 26.4 Å². The molecule has 5 heteroatoms. The Bertz CT molecular complexity index is 887. The van der Waals surface area contributed by atoms with Gasteiger partial charge in [0.1, 0.15) is 18.3 Å². The van der Waals surface area contributed by atoms with Gasteiger partial charge in [-0.3, -0.25) is 0 Å². The maximum absolute atomic E-state index is 10.5. The minimum atomic E-state index is -1.07. The molecule has 0 aromatic heterocycles. The van der Waals surface area contributed by atoms with Crippen LogP contribution in [0.3, 0.4) is 0 Å². The van der Waals surface area contributed by atoms with Gasteiger partial charge in [-0.1, -0.05) is 91.0 Å². The molecule has 1 aliphatic heterocycles. The third kappa shape index (κ3) is 6.23. The van der Waals surface area contributed by atoms with Crippen LogP contribution < -0.4 is 0 Å². The van der Waals surface area contributed by atoms with E-state index in [9.17, 15) is 5.11 Å². The van der Waals surface area contributed by atoms with Gasteiger partial charge in [-0.15, -0.1) is 0 Å². The van der Waals surface area contributed by atoms with Crippen LogP contribution in [0.25, 0.3) is 0 Å². The number of ether oxygens (including phenoxy) is 4. The first kappa shape index (κ1) is 21.7. The van der Waals surface area contributed by atoms with E-state index in [-0.39, 0.29) is 0 Å². The topological polar surface area (TPSA) is 57.2 Å². The van der Waals surface area contributed by atoms with Gasteiger partial charge in [0.2, 0.25) is 0 Å². The van der Waals surface area contributed by atoms with Crippen molar-refractivity contribution in [3.8, 4) is 0 Å². The lowest BCUT2D eigenvalue weighted by Gasteiger charge is -2.24. The van der Waals surface area contributed by atoms with Crippen LogP contribution in [0, 0.1) is 0 Å². The molecule has 1 N–H and O–H groups in total. The molecule has 0 radical (unpaired) electrons. The maximum Gasteiger partial charge on any atom is 0.184 e. The number of aliphatic hydroxyl groups excluding tert-OH is 1. The van der Waals surface area contributed by atoms with E-state index in [1.165, 1.54) is 0 Å². The molecular weight excluding hydrogens is 392 g/mol. The second-order valence-corrected chi connectivity index (χ2v) is 7.59. The third-order valence-corrected chi connectivity index (χ3v) is 5.25. The molecule has 3 aromatic carbocycles. The van der Waals surface area contributed by atoms with Crippen LogP contribution in [0.4, 0.5) is 0 Å². The van der Waals surface area contributed by atoms with Crippen molar-refractivity contribution in [1.82, 2.24) is 0 Å². The van der Waals surface area contributed by atoms with Crippen molar-refractivity contribution in [2.45, 2.75) is 44.4 Å². The molecule has 1 heterocycles. The summed E-state index contributed by atoms with van der Waals surface area (Å²) in [5, 5.41) is 10.5. The summed E-state index contributed by atoms with van der Waals surface area (Å²) in [6, 6.07) is 29.8. The molecule has 0 bridgehead atoms. The lowest BCUT2D eigenvalue weighted by molar-refractivity contribution is -0.153. The van der Waals surface area contributed by atoms with Crippen LogP contribution in [0.5, 0.6) is 0 Å². The smallest absolute Gasteiger partial charge is 0.184 e. The quantitative estimate of drug-likeness (QED) is 0.535. The predicted molar refractivity (Wildman–Crippen MR) is 117 cm³/mol. The van der Waals surface area contributed by atoms with Crippen LogP contribution in [-0.4, -0.2) is 36.3 Å². The monoisotopic (exact) mass is 420 g/mol. The minimum absolute atomic E-state index is 0.302. The Morgan fingerprint density at radius 1 is 0.613 bits per heavy atom. The standard InChI is InChI=1S/C26H28O5/c27-26-25(30-18-22-14-8-3-9-15-22)24(29-17-21-12-6-2-7-13-21)23(31-26)19-28-16-20-10-4-1-5-11-20/h1-15,23-27H,16-19H2/t23-,24-,25-,26+/m1/s1. The van der Waals surface area contributed by atoms with E-state index in [1.54, 1.807) is 0 Å². The lowest BCUT2D eigenvalue weighted by Crippen LogP contribution is -2.39. The zero-order chi connectivity index (χ0) is 21.3. The second-order valence-electron chi connectivity index (χ2n) is 7.59. The molecule has 3 aromatic rings. The van der Waals surface area contributed by atoms with E-state index in [2.05, 4.69) is 0 Å². The van der Waals surface area contributed by atoms with Crippen LogP contribution in [-0.2, 0) is 38.8 Å². The van der Waals surface area contributed by atoms with E-state index in [1.807, 2.05) is 91.0 Å². The van der Waals surface area contributed by atoms with Gasteiger partial charge in [-0.05, 0) is 16.7 Å². The Balaban J connectivity index is 1.39. The molecule has 4 atom stereocenters. The summed E-state index contributed by atoms with van der Waals surface area (Å²) in [6.45, 7) is 1.55. The summed E-state index contributed by atoms with van der Waals surface area (Å²) in [4.78, 5) is 0. The predicted octanol–water partition coefficient (Wildman–Crippen LogP) is 4.09. The number of hydrogen-bond acceptors (Lipinski definition) is 5. The highest BCUT2D eigenvalue weighted by atomic mass is 16.7. The van der Waals surface area contributed by atoms with Crippen LogP contribution in [0.2, 0.25) is 0 Å². The largest absolute Gasteiger partial charge is 0.374 e. The molecule has 0 aliphatic carbocycles. The Morgan fingerprint density at radius 2 is 1.06 bits per heavy atom. The number of hydrogen-bond donors (Lipinski definition) is 1. The molecule has 0 spiro atoms. The van der Waals surface area contributed by atoms with Gasteiger partial charge < -0.3 is 24.1 Å². The zero-order valence-corrected chi connectivity index (χ0v) is 17.4. The molecule has 0 amide bonds. The van der Waals surface area contributed by atoms with Crippen LogP contribution in [0.15, 0.2) is 91.0 Å². The van der Waals surface area contributed by atoms with Gasteiger partial charge in [-0.25, -0.2) is 0 Å². The summed E-state index contributed by atoms with van der Waals surface area (Å²) in [5.74, 6) is 0. The van der Waals surface area contributed by atoms with E-state index in [0.29, 0.717) is 26.4 Å². The molecule has 5 nitrogen and oxygen atoms in total. The Kier molecular flexibility index (Phi) is 7.82. The Morgan fingerprint density at radius 3 is 1.58 bits per heavy atom. The summed E-state index contributed by atoms with van der Waals surface area (Å²) < 4.78 is 23.9. The first-order valence-corrected chi connectivity index (χ1v) is 10.6. The molecular formula is C26H28O5. The molecule has 4 rings (SSSR count). The fourth-order valence-electron chi connectivity index (χ4n) is 3.62. The molecule has 162 valence electrons. The van der Waals surface area contributed by atoms with E-state index in [4.69, 9.17) is 18.9 Å². The van der Waals surface area contributed by atoms with Crippen molar-refractivity contribution in [1.29, 1.82) is 0 Å². The maximum atomic E-state index is 10.5. The third-order valence-electron chi connectivity index (χ3n) is 5.25. The van der Waals surface area contributed by atoms with E-state index >= 15 is 0 Å². The van der Waals surface area contributed by atoms with Crippen molar-refractivity contribution in [2.24, 2.45) is 0 Å². The average Bonchev–Trinajstić information content (AvgIpc) is 3.12. The first-order valence-electron chi connectivity index (χ1n) is 10.6. The molecule has 31 heavy (non-hydrogen) atoms. The first-order chi connectivity index (χ1) is 15.3. The molecule has 0 saturated carbocycles. The van der Waals surface area contributed by atoms with Crippen molar-refractivity contribution < 1.29 is 24.1 Å². The summed E-state index contributed by atoms with van der Waals surface area (Å²) in [6.07, 6.45) is -2.55. The number of aliphatic hydroxyl groups is 1. The van der Waals surface area contributed by atoms with E-state index < -0.39 is 24.6 Å². The van der Waals surface area contributed by atoms with Crippen molar-refractivity contribution in [2.75, 3.05) is 6.61 Å². The highest BCUT2D eigenvalue weighted by Gasteiger charge is 2.45. The highest BCUT2D eigenvalue weighted by molar-refractivity contribution is 5.15. The van der Waals surface area contributed by atoms with Gasteiger partial charge >= 0.3 is 0 Å². The fraction of sp³-hybridized carbons (Fsp3) is 0.308. The van der Waals surface area contributed by atoms with Gasteiger partial charge in [0.15, 0.2) is 6.29 Å². The summed E-state index contributed by atoms with van der Waals surface area (Å²) in [7, 11) is 0. The van der Waals surface area contributed by atoms with Crippen molar-refractivity contribution in [3.05, 3.63) is 108 Å². The fourth-order valence-corrected chi connectivity index (χ4v) is 3.62. The normalized spacial score (nSPS) is 23.1. The van der Waals surface area contributed by atoms with Crippen LogP contribution >= 0.6 is 0 Å². The molecule has 1 saturated heterocycles. The molecule has 1 fully saturated rings. The van der Waals surface area contributed by atoms with Gasteiger partial charge in [0.25, 0.3) is 0 Å². The van der Waals surface area contributed by atoms with Gasteiger partial charge in [0, 0.05) is 0 Å². The lowest BCUT2D eigenvalue weighted by atomic mass is 10.1. The molecule has 0 unspecified atom stereocenters. The number of rotatable bonds is 10. The summed E-state index contributed by atoms with van der Waals surface area (Å²) >= 11 is 0. The van der Waals surface area contributed by atoms with Crippen molar-refractivity contribution in [3.63, 3.8) is 0 Å². The van der Waals surface area contributed by atoms with Gasteiger partial charge in [-0.2, -0.15) is 0 Å². The molecule has 1 aliphatic rings. The SMILES string of the molecule is O[C@H]1O[C@H](COCc2ccccc2)[C@@H](OCc2ccccc2)[C@H]1OCc1ccccc1. The highest BCUT2D eigenvalue weighted by Crippen LogP contribution is 2.28. The Labute approximate surface area is 183 Å². The zero-order valence-electron chi connectivity index (χ0n) is 17.4. The minimum Gasteiger partial charge on any atom is -0.374 e. The number of benzene rings is 3. The Hall–Kier alpha value is -2.54. The van der Waals surface area contributed by atoms with E-state index in [0.717, 1.165) is 16.7 Å². The average molecular weight is 421 g/mol.